The van der Waals surface area contributed by atoms with Gasteiger partial charge in [-0.3, -0.25) is 4.79 Å². The van der Waals surface area contributed by atoms with Crippen molar-refractivity contribution in [3.05, 3.63) is 24.3 Å². The van der Waals surface area contributed by atoms with Gasteiger partial charge in [0.1, 0.15) is 5.75 Å². The number of carbonyl (C=O) groups is 1. The molecule has 0 spiro atoms. The Hall–Kier alpha value is -1.24. The summed E-state index contributed by atoms with van der Waals surface area (Å²) >= 11 is 1.55. The zero-order valence-corrected chi connectivity index (χ0v) is 12.7. The second-order valence-corrected chi connectivity index (χ2v) is 5.55. The molecule has 1 atom stereocenters. The molecule has 5 nitrogen and oxygen atoms in total. The number of hydrogen-bond donors (Lipinski definition) is 2. The molecular weight excluding hydrogens is 276 g/mol. The molecule has 0 radical (unpaired) electrons. The summed E-state index contributed by atoms with van der Waals surface area (Å²) in [5, 5.41) is 2.72. The molecule has 0 fully saturated rings. The summed E-state index contributed by atoms with van der Waals surface area (Å²) in [6.07, 6.45) is 0. The van der Waals surface area contributed by atoms with E-state index in [9.17, 15) is 4.79 Å². The fourth-order valence-electron chi connectivity index (χ4n) is 1.53. The summed E-state index contributed by atoms with van der Waals surface area (Å²) in [7, 11) is 1.58. The van der Waals surface area contributed by atoms with Crippen LogP contribution in [0.25, 0.3) is 0 Å². The number of nitrogens with one attached hydrogen (secondary N) is 1. The van der Waals surface area contributed by atoms with Crippen molar-refractivity contribution in [1.29, 1.82) is 0 Å². The lowest BCUT2D eigenvalue weighted by Gasteiger charge is -2.14. The van der Waals surface area contributed by atoms with Crippen LogP contribution in [-0.2, 0) is 9.53 Å². The second-order valence-electron chi connectivity index (χ2n) is 4.10. The molecule has 1 unspecified atom stereocenters. The first kappa shape index (κ1) is 16.8. The minimum atomic E-state index is -0.151. The van der Waals surface area contributed by atoms with Crippen molar-refractivity contribution in [3.8, 4) is 5.75 Å². The van der Waals surface area contributed by atoms with Crippen molar-refractivity contribution in [2.45, 2.75) is 12.2 Å². The molecule has 0 heterocycles. The van der Waals surface area contributed by atoms with Gasteiger partial charge in [-0.25, -0.2) is 0 Å². The molecule has 1 aromatic carbocycles. The fourth-order valence-corrected chi connectivity index (χ4v) is 2.31. The van der Waals surface area contributed by atoms with Crippen LogP contribution in [0.1, 0.15) is 6.92 Å². The monoisotopic (exact) mass is 298 g/mol. The van der Waals surface area contributed by atoms with Gasteiger partial charge in [-0.05, 0) is 19.1 Å². The molecule has 1 amide bonds. The van der Waals surface area contributed by atoms with E-state index < -0.39 is 0 Å². The number of amides is 1. The highest BCUT2D eigenvalue weighted by Crippen LogP contribution is 2.24. The summed E-state index contributed by atoms with van der Waals surface area (Å²) in [5.41, 5.74) is 6.01. The Labute approximate surface area is 124 Å². The third-order valence-electron chi connectivity index (χ3n) is 2.59. The van der Waals surface area contributed by atoms with Crippen LogP contribution in [0, 0.1) is 0 Å². The van der Waals surface area contributed by atoms with Gasteiger partial charge in [0.05, 0.1) is 31.3 Å². The summed E-state index contributed by atoms with van der Waals surface area (Å²) in [6.45, 7) is 3.56. The maximum Gasteiger partial charge on any atom is 0.237 e. The summed E-state index contributed by atoms with van der Waals surface area (Å²) in [4.78, 5) is 12.1. The maximum absolute atomic E-state index is 12.1. The van der Waals surface area contributed by atoms with Crippen molar-refractivity contribution in [2.75, 3.05) is 37.9 Å². The molecule has 0 aliphatic rings. The van der Waals surface area contributed by atoms with Crippen LogP contribution in [0.15, 0.2) is 24.3 Å². The minimum absolute atomic E-state index is 0.0432. The SMILES string of the molecule is COc1ccccc1NC(=O)C(C)SCCOCCN. The number of methoxy groups -OCH3 is 1. The molecule has 0 aliphatic heterocycles. The molecule has 0 bridgehead atoms. The quantitative estimate of drug-likeness (QED) is 0.679. The highest BCUT2D eigenvalue weighted by molar-refractivity contribution is 8.00. The average Bonchev–Trinajstić information content (AvgIpc) is 2.47. The van der Waals surface area contributed by atoms with Gasteiger partial charge in [0, 0.05) is 12.3 Å². The minimum Gasteiger partial charge on any atom is -0.495 e. The lowest BCUT2D eigenvalue weighted by molar-refractivity contribution is -0.115. The van der Waals surface area contributed by atoms with Crippen molar-refractivity contribution in [3.63, 3.8) is 0 Å². The zero-order valence-electron chi connectivity index (χ0n) is 11.9. The predicted octanol–water partition coefficient (Wildman–Crippen LogP) is 1.73. The maximum atomic E-state index is 12.1. The Morgan fingerprint density at radius 3 is 2.85 bits per heavy atom. The smallest absolute Gasteiger partial charge is 0.237 e. The highest BCUT2D eigenvalue weighted by Gasteiger charge is 2.14. The van der Waals surface area contributed by atoms with E-state index in [0.717, 1.165) is 5.75 Å². The van der Waals surface area contributed by atoms with Gasteiger partial charge in [0.25, 0.3) is 0 Å². The summed E-state index contributed by atoms with van der Waals surface area (Å²) in [5.74, 6) is 1.38. The number of anilines is 1. The van der Waals surface area contributed by atoms with Crippen LogP contribution in [0.3, 0.4) is 0 Å². The van der Waals surface area contributed by atoms with E-state index in [2.05, 4.69) is 5.32 Å². The van der Waals surface area contributed by atoms with Gasteiger partial charge >= 0.3 is 0 Å². The first-order valence-corrected chi connectivity index (χ1v) is 7.57. The first-order valence-electron chi connectivity index (χ1n) is 6.52. The van der Waals surface area contributed by atoms with Crippen molar-refractivity contribution < 1.29 is 14.3 Å². The van der Waals surface area contributed by atoms with Crippen molar-refractivity contribution in [2.24, 2.45) is 5.73 Å². The van der Waals surface area contributed by atoms with Crippen LogP contribution in [-0.4, -0.2) is 43.8 Å². The van der Waals surface area contributed by atoms with E-state index in [1.54, 1.807) is 18.9 Å². The third kappa shape index (κ3) is 5.81. The van der Waals surface area contributed by atoms with E-state index in [0.29, 0.717) is 31.2 Å². The zero-order chi connectivity index (χ0) is 14.8. The number of ether oxygens (including phenoxy) is 2. The average molecular weight is 298 g/mol. The van der Waals surface area contributed by atoms with Crippen LogP contribution in [0.2, 0.25) is 0 Å². The van der Waals surface area contributed by atoms with Crippen LogP contribution in [0.4, 0.5) is 5.69 Å². The topological polar surface area (TPSA) is 73.6 Å². The third-order valence-corrected chi connectivity index (χ3v) is 3.71. The second kappa shape index (κ2) is 9.63. The van der Waals surface area contributed by atoms with Crippen LogP contribution < -0.4 is 15.8 Å². The highest BCUT2D eigenvalue weighted by atomic mass is 32.2. The standard InChI is InChI=1S/C14H22N2O3S/c1-11(20-10-9-19-8-7-15)14(17)16-12-5-3-4-6-13(12)18-2/h3-6,11H,7-10,15H2,1-2H3,(H,16,17). The molecule has 0 saturated carbocycles. The van der Waals surface area contributed by atoms with Gasteiger partial charge in [0.2, 0.25) is 5.91 Å². The molecule has 0 aromatic heterocycles. The molecule has 1 rings (SSSR count). The summed E-state index contributed by atoms with van der Waals surface area (Å²) < 4.78 is 10.5. The van der Waals surface area contributed by atoms with Crippen molar-refractivity contribution >= 4 is 23.4 Å². The number of benzene rings is 1. The predicted molar refractivity (Wildman–Crippen MR) is 83.4 cm³/mol. The van der Waals surface area contributed by atoms with E-state index in [-0.39, 0.29) is 11.2 Å². The van der Waals surface area contributed by atoms with Gasteiger partial charge in [-0.1, -0.05) is 12.1 Å². The first-order chi connectivity index (χ1) is 9.69. The number of rotatable bonds is 9. The molecule has 20 heavy (non-hydrogen) atoms. The van der Waals surface area contributed by atoms with Gasteiger partial charge in [-0.2, -0.15) is 0 Å². The normalized spacial score (nSPS) is 11.9. The largest absolute Gasteiger partial charge is 0.495 e. The lowest BCUT2D eigenvalue weighted by atomic mass is 10.3. The van der Waals surface area contributed by atoms with Crippen LogP contribution in [0.5, 0.6) is 5.75 Å². The lowest BCUT2D eigenvalue weighted by Crippen LogP contribution is -2.23. The van der Waals surface area contributed by atoms with Gasteiger partial charge < -0.3 is 20.5 Å². The molecule has 0 aliphatic carbocycles. The molecule has 6 heteroatoms. The Morgan fingerprint density at radius 1 is 1.40 bits per heavy atom. The molecule has 3 N–H and O–H groups in total. The molecule has 0 saturated heterocycles. The molecule has 1 aromatic rings. The van der Waals surface area contributed by atoms with E-state index in [1.165, 1.54) is 0 Å². The Morgan fingerprint density at radius 2 is 2.15 bits per heavy atom. The van der Waals surface area contributed by atoms with E-state index >= 15 is 0 Å². The van der Waals surface area contributed by atoms with Crippen molar-refractivity contribution in [1.82, 2.24) is 0 Å². The molecule has 112 valence electrons. The Kier molecular flexibility index (Phi) is 8.10. The van der Waals surface area contributed by atoms with Gasteiger partial charge in [0.15, 0.2) is 0 Å². The summed E-state index contributed by atoms with van der Waals surface area (Å²) in [6, 6.07) is 7.35. The molecular formula is C14H22N2O3S. The number of hydrogen-bond acceptors (Lipinski definition) is 5. The number of carbonyl (C=O) groups excluding carboxylic acids is 1. The number of nitrogens with two attached hydrogens (primary N) is 1. The number of thioether (sulfide) groups is 1. The van der Waals surface area contributed by atoms with E-state index in [4.69, 9.17) is 15.2 Å². The number of para-hydroxylation sites is 2. The fraction of sp³-hybridized carbons (Fsp3) is 0.500. The van der Waals surface area contributed by atoms with E-state index in [1.807, 2.05) is 31.2 Å². The Balaban J connectivity index is 2.37. The van der Waals surface area contributed by atoms with Gasteiger partial charge in [-0.15, -0.1) is 11.8 Å². The van der Waals surface area contributed by atoms with Crippen LogP contribution >= 0.6 is 11.8 Å². The Bertz CT molecular complexity index is 415.